The summed E-state index contributed by atoms with van der Waals surface area (Å²) in [5.74, 6) is -2.62. The zero-order chi connectivity index (χ0) is 18.0. The monoisotopic (exact) mass is 345 g/mol. The predicted octanol–water partition coefficient (Wildman–Crippen LogP) is 3.36. The molecule has 1 N–H and O–H groups in total. The van der Waals surface area contributed by atoms with Crippen LogP contribution >= 0.6 is 0 Å². The van der Waals surface area contributed by atoms with Gasteiger partial charge in [-0.3, -0.25) is 4.79 Å². The van der Waals surface area contributed by atoms with Crippen LogP contribution in [-0.4, -0.2) is 15.5 Å². The summed E-state index contributed by atoms with van der Waals surface area (Å²) in [6.45, 7) is 0. The molecule has 0 aliphatic heterocycles. The van der Waals surface area contributed by atoms with Crippen LogP contribution in [0, 0.1) is 17.5 Å². The SMILES string of the molecule is Cn1ccnc1[C@@H](NC(=O)c1cc(F)cc(F)c1)c1ccccc1F. The van der Waals surface area contributed by atoms with Crippen LogP contribution in [0.3, 0.4) is 0 Å². The lowest BCUT2D eigenvalue weighted by Crippen LogP contribution is -2.31. The third-order valence-corrected chi connectivity index (χ3v) is 3.73. The molecule has 7 heteroatoms. The molecule has 0 unspecified atom stereocenters. The number of aryl methyl sites for hydroxylation is 1. The maximum atomic E-state index is 14.2. The Kier molecular flexibility index (Phi) is 4.56. The largest absolute Gasteiger partial charge is 0.338 e. The van der Waals surface area contributed by atoms with Crippen molar-refractivity contribution in [2.24, 2.45) is 7.05 Å². The first-order valence-electron chi connectivity index (χ1n) is 7.44. The van der Waals surface area contributed by atoms with Crippen molar-refractivity contribution in [2.75, 3.05) is 0 Å². The first kappa shape index (κ1) is 16.8. The number of amides is 1. The van der Waals surface area contributed by atoms with E-state index in [1.807, 2.05) is 0 Å². The van der Waals surface area contributed by atoms with E-state index in [1.165, 1.54) is 24.4 Å². The van der Waals surface area contributed by atoms with Gasteiger partial charge in [-0.25, -0.2) is 18.2 Å². The Morgan fingerprint density at radius 2 is 1.80 bits per heavy atom. The number of carbonyl (C=O) groups is 1. The number of aromatic nitrogens is 2. The van der Waals surface area contributed by atoms with Gasteiger partial charge in [-0.1, -0.05) is 18.2 Å². The van der Waals surface area contributed by atoms with Gasteiger partial charge in [-0.15, -0.1) is 0 Å². The second-order valence-corrected chi connectivity index (χ2v) is 5.48. The molecule has 0 radical (unpaired) electrons. The Morgan fingerprint density at radius 3 is 2.40 bits per heavy atom. The second kappa shape index (κ2) is 6.80. The fourth-order valence-corrected chi connectivity index (χ4v) is 2.55. The van der Waals surface area contributed by atoms with Crippen LogP contribution in [0.4, 0.5) is 13.2 Å². The van der Waals surface area contributed by atoms with Crippen LogP contribution in [0.2, 0.25) is 0 Å². The molecular formula is C18H14F3N3O. The minimum Gasteiger partial charge on any atom is -0.338 e. The normalized spacial score (nSPS) is 12.0. The molecule has 0 saturated heterocycles. The number of rotatable bonds is 4. The van der Waals surface area contributed by atoms with Gasteiger partial charge in [-0.2, -0.15) is 0 Å². The highest BCUT2D eigenvalue weighted by atomic mass is 19.1. The van der Waals surface area contributed by atoms with E-state index in [0.29, 0.717) is 11.9 Å². The van der Waals surface area contributed by atoms with E-state index < -0.39 is 29.4 Å². The molecule has 0 saturated carbocycles. The van der Waals surface area contributed by atoms with Crippen LogP contribution in [0.5, 0.6) is 0 Å². The molecule has 0 aliphatic carbocycles. The van der Waals surface area contributed by atoms with Gasteiger partial charge >= 0.3 is 0 Å². The fraction of sp³-hybridized carbons (Fsp3) is 0.111. The van der Waals surface area contributed by atoms with E-state index in [9.17, 15) is 18.0 Å². The Hall–Kier alpha value is -3.09. The van der Waals surface area contributed by atoms with Gasteiger partial charge in [0.15, 0.2) is 0 Å². The van der Waals surface area contributed by atoms with E-state index >= 15 is 0 Å². The smallest absolute Gasteiger partial charge is 0.252 e. The standard InChI is InChI=1S/C18H14F3N3O/c1-24-7-6-22-17(24)16(14-4-2-3-5-15(14)21)23-18(25)11-8-12(19)10-13(20)9-11/h2-10,16H,1H3,(H,23,25)/t16-/m0/s1. The second-order valence-electron chi connectivity index (χ2n) is 5.48. The van der Waals surface area contributed by atoms with Crippen LogP contribution < -0.4 is 5.32 Å². The first-order valence-corrected chi connectivity index (χ1v) is 7.44. The number of benzene rings is 2. The first-order chi connectivity index (χ1) is 12.0. The molecule has 2 aromatic carbocycles. The lowest BCUT2D eigenvalue weighted by molar-refractivity contribution is 0.0939. The summed E-state index contributed by atoms with van der Waals surface area (Å²) >= 11 is 0. The summed E-state index contributed by atoms with van der Waals surface area (Å²) < 4.78 is 42.6. The molecule has 0 aliphatic rings. The number of hydrogen-bond donors (Lipinski definition) is 1. The van der Waals surface area contributed by atoms with Crippen LogP contribution in [-0.2, 0) is 7.05 Å². The van der Waals surface area contributed by atoms with Crippen molar-refractivity contribution in [3.05, 3.63) is 89.3 Å². The molecule has 0 spiro atoms. The van der Waals surface area contributed by atoms with Crippen molar-refractivity contribution >= 4 is 5.91 Å². The van der Waals surface area contributed by atoms with Gasteiger partial charge in [0.25, 0.3) is 5.91 Å². The van der Waals surface area contributed by atoms with E-state index in [1.54, 1.807) is 23.9 Å². The highest BCUT2D eigenvalue weighted by Crippen LogP contribution is 2.23. The number of hydrogen-bond acceptors (Lipinski definition) is 2. The van der Waals surface area contributed by atoms with Crippen molar-refractivity contribution in [3.63, 3.8) is 0 Å². The molecule has 3 aromatic rings. The van der Waals surface area contributed by atoms with Crippen LogP contribution in [0.25, 0.3) is 0 Å². The minimum atomic E-state index is -0.917. The van der Waals surface area contributed by atoms with Gasteiger partial charge in [0.05, 0.1) is 0 Å². The summed E-state index contributed by atoms with van der Waals surface area (Å²) in [5, 5.41) is 2.59. The molecule has 3 rings (SSSR count). The lowest BCUT2D eigenvalue weighted by Gasteiger charge is -2.20. The summed E-state index contributed by atoms with van der Waals surface area (Å²) in [5.41, 5.74) is -0.00456. The van der Waals surface area contributed by atoms with E-state index in [0.717, 1.165) is 12.1 Å². The molecule has 1 heterocycles. The predicted molar refractivity (Wildman–Crippen MR) is 85.3 cm³/mol. The van der Waals surface area contributed by atoms with Crippen molar-refractivity contribution in [2.45, 2.75) is 6.04 Å². The molecule has 1 aromatic heterocycles. The third-order valence-electron chi connectivity index (χ3n) is 3.73. The van der Waals surface area contributed by atoms with Gasteiger partial charge in [-0.05, 0) is 18.2 Å². The van der Waals surface area contributed by atoms with Crippen molar-refractivity contribution in [1.29, 1.82) is 0 Å². The van der Waals surface area contributed by atoms with Gasteiger partial charge in [0.1, 0.15) is 29.3 Å². The lowest BCUT2D eigenvalue weighted by atomic mass is 10.0. The molecule has 128 valence electrons. The van der Waals surface area contributed by atoms with Crippen LogP contribution in [0.1, 0.15) is 27.8 Å². The average Bonchev–Trinajstić information content (AvgIpc) is 2.98. The number of nitrogens with zero attached hydrogens (tertiary/aromatic N) is 2. The average molecular weight is 345 g/mol. The zero-order valence-corrected chi connectivity index (χ0v) is 13.2. The number of carbonyl (C=O) groups excluding carboxylic acids is 1. The molecule has 0 fully saturated rings. The fourth-order valence-electron chi connectivity index (χ4n) is 2.55. The Labute approximate surface area is 141 Å². The highest BCUT2D eigenvalue weighted by molar-refractivity contribution is 5.94. The maximum Gasteiger partial charge on any atom is 0.252 e. The third kappa shape index (κ3) is 3.55. The molecule has 0 bridgehead atoms. The topological polar surface area (TPSA) is 46.9 Å². The Bertz CT molecular complexity index is 903. The number of imidazole rings is 1. The van der Waals surface area contributed by atoms with E-state index in [-0.39, 0.29) is 11.1 Å². The van der Waals surface area contributed by atoms with Crippen LogP contribution in [0.15, 0.2) is 54.9 Å². The van der Waals surface area contributed by atoms with Gasteiger partial charge in [0.2, 0.25) is 0 Å². The van der Waals surface area contributed by atoms with Crippen molar-refractivity contribution < 1.29 is 18.0 Å². The maximum absolute atomic E-state index is 14.2. The molecule has 4 nitrogen and oxygen atoms in total. The van der Waals surface area contributed by atoms with Crippen molar-refractivity contribution in [1.82, 2.24) is 14.9 Å². The summed E-state index contributed by atoms with van der Waals surface area (Å²) in [6, 6.07) is 7.51. The molecule has 1 atom stereocenters. The Balaban J connectivity index is 2.00. The highest BCUT2D eigenvalue weighted by Gasteiger charge is 2.24. The quantitative estimate of drug-likeness (QED) is 0.788. The number of halogens is 3. The zero-order valence-electron chi connectivity index (χ0n) is 13.2. The van der Waals surface area contributed by atoms with E-state index in [2.05, 4.69) is 10.3 Å². The van der Waals surface area contributed by atoms with Gasteiger partial charge < -0.3 is 9.88 Å². The number of nitrogens with one attached hydrogen (secondary N) is 1. The molecular weight excluding hydrogens is 331 g/mol. The van der Waals surface area contributed by atoms with E-state index in [4.69, 9.17) is 0 Å². The Morgan fingerprint density at radius 1 is 1.12 bits per heavy atom. The van der Waals surface area contributed by atoms with Crippen molar-refractivity contribution in [3.8, 4) is 0 Å². The van der Waals surface area contributed by atoms with Gasteiger partial charge in [0, 0.05) is 36.6 Å². The summed E-state index contributed by atoms with van der Waals surface area (Å²) in [6.07, 6.45) is 3.16. The summed E-state index contributed by atoms with van der Waals surface area (Å²) in [7, 11) is 1.70. The minimum absolute atomic E-state index is 0.196. The molecule has 25 heavy (non-hydrogen) atoms. The molecule has 1 amide bonds. The summed E-state index contributed by atoms with van der Waals surface area (Å²) in [4.78, 5) is 16.6.